The number of ether oxygens (including phenoxy) is 1. The predicted molar refractivity (Wildman–Crippen MR) is 65.7 cm³/mol. The first-order chi connectivity index (χ1) is 7.76. The average Bonchev–Trinajstić information content (AvgIpc) is 2.29. The van der Waals surface area contributed by atoms with Crippen molar-refractivity contribution >= 4 is 17.7 Å². The standard InChI is InChI=1S/C11H20N2O2S/c1-16-11(3-2-4-11)8-13-10(14)9-7-15-6-5-12-9/h9,12H,2-8H2,1H3,(H,13,14). The first kappa shape index (κ1) is 12.2. The third-order valence-corrected chi connectivity index (χ3v) is 4.94. The number of thioether (sulfide) groups is 1. The molecule has 2 N–H and O–H groups in total. The van der Waals surface area contributed by atoms with Crippen LogP contribution in [0.4, 0.5) is 0 Å². The van der Waals surface area contributed by atoms with Gasteiger partial charge in [0.2, 0.25) is 5.91 Å². The summed E-state index contributed by atoms with van der Waals surface area (Å²) in [4.78, 5) is 11.8. The lowest BCUT2D eigenvalue weighted by molar-refractivity contribution is -0.126. The van der Waals surface area contributed by atoms with Crippen molar-refractivity contribution in [2.75, 3.05) is 32.6 Å². The Morgan fingerprint density at radius 2 is 2.44 bits per heavy atom. The lowest BCUT2D eigenvalue weighted by Gasteiger charge is -2.40. The molecule has 0 aromatic carbocycles. The van der Waals surface area contributed by atoms with Crippen LogP contribution in [0.2, 0.25) is 0 Å². The molecule has 2 aliphatic rings. The maximum atomic E-state index is 11.8. The molecule has 1 atom stereocenters. The van der Waals surface area contributed by atoms with E-state index >= 15 is 0 Å². The van der Waals surface area contributed by atoms with Crippen LogP contribution in [0.25, 0.3) is 0 Å². The van der Waals surface area contributed by atoms with Crippen LogP contribution in [0.5, 0.6) is 0 Å². The molecular formula is C11H20N2O2S. The monoisotopic (exact) mass is 244 g/mol. The van der Waals surface area contributed by atoms with E-state index in [4.69, 9.17) is 4.74 Å². The molecule has 0 spiro atoms. The fourth-order valence-corrected chi connectivity index (χ4v) is 3.04. The first-order valence-corrected chi connectivity index (χ1v) is 7.12. The van der Waals surface area contributed by atoms with E-state index in [9.17, 15) is 4.79 Å². The molecule has 1 saturated heterocycles. The van der Waals surface area contributed by atoms with Gasteiger partial charge in [-0.25, -0.2) is 0 Å². The predicted octanol–water partition coefficient (Wildman–Crippen LogP) is 0.377. The molecule has 1 heterocycles. The lowest BCUT2D eigenvalue weighted by atomic mass is 9.84. The van der Waals surface area contributed by atoms with Crippen molar-refractivity contribution in [1.29, 1.82) is 0 Å². The number of morpholine rings is 1. The van der Waals surface area contributed by atoms with Gasteiger partial charge in [0.25, 0.3) is 0 Å². The molecule has 0 radical (unpaired) electrons. The number of hydrogen-bond acceptors (Lipinski definition) is 4. The normalized spacial score (nSPS) is 28.2. The van der Waals surface area contributed by atoms with Crippen LogP contribution in [0, 0.1) is 0 Å². The molecule has 0 aromatic rings. The summed E-state index contributed by atoms with van der Waals surface area (Å²) in [6.07, 6.45) is 5.88. The molecule has 1 aliphatic heterocycles. The van der Waals surface area contributed by atoms with E-state index in [1.165, 1.54) is 19.3 Å². The van der Waals surface area contributed by atoms with Crippen LogP contribution in [0.1, 0.15) is 19.3 Å². The second-order valence-electron chi connectivity index (χ2n) is 4.54. The quantitative estimate of drug-likeness (QED) is 0.750. The van der Waals surface area contributed by atoms with Crippen LogP contribution in [-0.2, 0) is 9.53 Å². The average molecular weight is 244 g/mol. The fraction of sp³-hybridized carbons (Fsp3) is 0.909. The summed E-state index contributed by atoms with van der Waals surface area (Å²) in [6.45, 7) is 2.77. The minimum Gasteiger partial charge on any atom is -0.378 e. The first-order valence-electron chi connectivity index (χ1n) is 5.90. The molecule has 0 bridgehead atoms. The molecule has 2 rings (SSSR count). The van der Waals surface area contributed by atoms with Crippen LogP contribution in [-0.4, -0.2) is 49.3 Å². The Kier molecular flexibility index (Phi) is 4.10. The van der Waals surface area contributed by atoms with Crippen LogP contribution in [0.15, 0.2) is 0 Å². The molecule has 2 fully saturated rings. The highest BCUT2D eigenvalue weighted by Gasteiger charge is 2.36. The number of rotatable bonds is 4. The third kappa shape index (κ3) is 2.70. The SMILES string of the molecule is CSC1(CNC(=O)C2COCCN2)CCC1. The highest BCUT2D eigenvalue weighted by Crippen LogP contribution is 2.42. The van der Waals surface area contributed by atoms with E-state index in [0.29, 0.717) is 18.0 Å². The zero-order valence-electron chi connectivity index (χ0n) is 9.75. The molecule has 92 valence electrons. The lowest BCUT2D eigenvalue weighted by Crippen LogP contribution is -2.54. The van der Waals surface area contributed by atoms with Crippen LogP contribution >= 0.6 is 11.8 Å². The zero-order chi connectivity index (χ0) is 11.4. The highest BCUT2D eigenvalue weighted by molar-refractivity contribution is 8.00. The molecular weight excluding hydrogens is 224 g/mol. The molecule has 16 heavy (non-hydrogen) atoms. The van der Waals surface area contributed by atoms with Gasteiger partial charge in [0.15, 0.2) is 0 Å². The minimum atomic E-state index is -0.160. The Morgan fingerprint density at radius 3 is 2.94 bits per heavy atom. The van der Waals surface area contributed by atoms with E-state index < -0.39 is 0 Å². The molecule has 0 aromatic heterocycles. The summed E-state index contributed by atoms with van der Waals surface area (Å²) in [5.74, 6) is 0.0834. The molecule has 5 heteroatoms. The van der Waals surface area contributed by atoms with E-state index in [2.05, 4.69) is 16.9 Å². The second kappa shape index (κ2) is 5.38. The van der Waals surface area contributed by atoms with Crippen molar-refractivity contribution in [3.05, 3.63) is 0 Å². The van der Waals surface area contributed by atoms with Crippen molar-refractivity contribution in [3.8, 4) is 0 Å². The summed E-state index contributed by atoms with van der Waals surface area (Å²) < 4.78 is 5.58. The zero-order valence-corrected chi connectivity index (χ0v) is 10.6. The Labute approximate surface area is 101 Å². The van der Waals surface area contributed by atoms with Crippen molar-refractivity contribution < 1.29 is 9.53 Å². The summed E-state index contributed by atoms with van der Waals surface area (Å²) in [5, 5.41) is 6.21. The number of nitrogens with one attached hydrogen (secondary N) is 2. The molecule has 1 amide bonds. The Hall–Kier alpha value is -0.260. The topological polar surface area (TPSA) is 50.4 Å². The summed E-state index contributed by atoms with van der Waals surface area (Å²) in [6, 6.07) is -0.160. The maximum absolute atomic E-state index is 11.8. The van der Waals surface area contributed by atoms with E-state index in [1.54, 1.807) is 0 Å². The highest BCUT2D eigenvalue weighted by atomic mass is 32.2. The molecule has 1 saturated carbocycles. The van der Waals surface area contributed by atoms with Gasteiger partial charge in [-0.05, 0) is 19.1 Å². The van der Waals surface area contributed by atoms with Gasteiger partial charge in [0.1, 0.15) is 6.04 Å². The smallest absolute Gasteiger partial charge is 0.239 e. The minimum absolute atomic E-state index is 0.0834. The van der Waals surface area contributed by atoms with Gasteiger partial charge >= 0.3 is 0 Å². The number of hydrogen-bond donors (Lipinski definition) is 2. The summed E-state index contributed by atoms with van der Waals surface area (Å²) >= 11 is 1.88. The van der Waals surface area contributed by atoms with Gasteiger partial charge in [-0.2, -0.15) is 11.8 Å². The second-order valence-corrected chi connectivity index (χ2v) is 5.81. The largest absolute Gasteiger partial charge is 0.378 e. The van der Waals surface area contributed by atoms with E-state index in [0.717, 1.165) is 13.1 Å². The van der Waals surface area contributed by atoms with Gasteiger partial charge in [-0.15, -0.1) is 0 Å². The van der Waals surface area contributed by atoms with Gasteiger partial charge in [0, 0.05) is 17.8 Å². The summed E-state index contributed by atoms with van der Waals surface area (Å²) in [5.41, 5.74) is 0. The van der Waals surface area contributed by atoms with Crippen molar-refractivity contribution in [2.24, 2.45) is 0 Å². The Morgan fingerprint density at radius 1 is 1.62 bits per heavy atom. The number of amides is 1. The van der Waals surface area contributed by atoms with Gasteiger partial charge < -0.3 is 15.4 Å². The van der Waals surface area contributed by atoms with Crippen molar-refractivity contribution in [3.63, 3.8) is 0 Å². The summed E-state index contributed by atoms with van der Waals surface area (Å²) in [7, 11) is 0. The van der Waals surface area contributed by atoms with Crippen LogP contribution < -0.4 is 10.6 Å². The Bertz CT molecular complexity index is 245. The van der Waals surface area contributed by atoms with Gasteiger partial charge in [0.05, 0.1) is 13.2 Å². The van der Waals surface area contributed by atoms with Gasteiger partial charge in [-0.1, -0.05) is 6.42 Å². The fourth-order valence-electron chi connectivity index (χ4n) is 2.13. The van der Waals surface area contributed by atoms with Crippen LogP contribution in [0.3, 0.4) is 0 Å². The number of carbonyl (C=O) groups is 1. The molecule has 1 unspecified atom stereocenters. The Balaban J connectivity index is 1.74. The van der Waals surface area contributed by atoms with E-state index in [-0.39, 0.29) is 11.9 Å². The third-order valence-electron chi connectivity index (χ3n) is 3.52. The van der Waals surface area contributed by atoms with Crippen molar-refractivity contribution in [1.82, 2.24) is 10.6 Å². The molecule has 1 aliphatic carbocycles. The molecule has 4 nitrogen and oxygen atoms in total. The van der Waals surface area contributed by atoms with Crippen molar-refractivity contribution in [2.45, 2.75) is 30.1 Å². The maximum Gasteiger partial charge on any atom is 0.239 e. The van der Waals surface area contributed by atoms with E-state index in [1.807, 2.05) is 11.8 Å². The van der Waals surface area contributed by atoms with Gasteiger partial charge in [-0.3, -0.25) is 4.79 Å². The number of carbonyl (C=O) groups excluding carboxylic acids is 1.